The van der Waals surface area contributed by atoms with Crippen molar-refractivity contribution < 1.29 is 13.5 Å². The fraction of sp³-hybridized carbons (Fsp3) is 0.462. The highest BCUT2D eigenvalue weighted by Gasteiger charge is 2.17. The predicted molar refractivity (Wildman–Crippen MR) is 81.8 cm³/mol. The first-order valence-corrected chi connectivity index (χ1v) is 9.02. The predicted octanol–water partition coefficient (Wildman–Crippen LogP) is 1.32. The van der Waals surface area contributed by atoms with Crippen LogP contribution in [0.25, 0.3) is 0 Å². The SMILES string of the molecule is Cn1cc(S(=O)(=O)NCC[C@@H](CCO)c2cccs2)cn1. The Labute approximate surface area is 128 Å². The Morgan fingerprint density at radius 2 is 2.29 bits per heavy atom. The minimum Gasteiger partial charge on any atom is -0.396 e. The highest BCUT2D eigenvalue weighted by Crippen LogP contribution is 2.27. The number of aryl methyl sites for hydroxylation is 1. The number of hydrogen-bond acceptors (Lipinski definition) is 5. The lowest BCUT2D eigenvalue weighted by Gasteiger charge is -2.14. The van der Waals surface area contributed by atoms with Gasteiger partial charge in [0.05, 0.1) is 6.20 Å². The van der Waals surface area contributed by atoms with Crippen LogP contribution in [0.2, 0.25) is 0 Å². The second kappa shape index (κ2) is 7.17. The standard InChI is InChI=1S/C13H19N3O3S2/c1-16-10-12(9-14-16)21(18,19)15-6-4-11(5-7-17)13-3-2-8-20-13/h2-3,8-11,15,17H,4-7H2,1H3/t11-/m0/s1. The lowest BCUT2D eigenvalue weighted by Crippen LogP contribution is -2.25. The second-order valence-corrected chi connectivity index (χ2v) is 7.51. The van der Waals surface area contributed by atoms with Gasteiger partial charge in [-0.2, -0.15) is 5.10 Å². The summed E-state index contributed by atoms with van der Waals surface area (Å²) in [6, 6.07) is 3.98. The van der Waals surface area contributed by atoms with E-state index in [4.69, 9.17) is 5.11 Å². The number of rotatable bonds is 8. The van der Waals surface area contributed by atoms with Gasteiger partial charge in [0, 0.05) is 31.3 Å². The van der Waals surface area contributed by atoms with Crippen molar-refractivity contribution in [2.75, 3.05) is 13.2 Å². The third kappa shape index (κ3) is 4.37. The van der Waals surface area contributed by atoms with E-state index in [1.54, 1.807) is 18.4 Å². The average Bonchev–Trinajstić information content (AvgIpc) is 3.08. The molecule has 0 aliphatic rings. The second-order valence-electron chi connectivity index (χ2n) is 4.76. The van der Waals surface area contributed by atoms with Crippen LogP contribution in [-0.2, 0) is 17.1 Å². The summed E-state index contributed by atoms with van der Waals surface area (Å²) in [5.74, 6) is 0.173. The molecule has 0 aliphatic heterocycles. The molecule has 2 aromatic rings. The van der Waals surface area contributed by atoms with Gasteiger partial charge in [-0.05, 0) is 30.2 Å². The van der Waals surface area contributed by atoms with E-state index >= 15 is 0 Å². The van der Waals surface area contributed by atoms with Gasteiger partial charge in [-0.1, -0.05) is 6.07 Å². The Hall–Kier alpha value is -1.22. The number of sulfonamides is 1. The molecule has 0 saturated carbocycles. The Bertz CT molecular complexity index is 650. The summed E-state index contributed by atoms with van der Waals surface area (Å²) in [4.78, 5) is 1.34. The molecule has 2 heterocycles. The molecule has 0 amide bonds. The highest BCUT2D eigenvalue weighted by atomic mass is 32.2. The molecule has 0 radical (unpaired) electrons. The summed E-state index contributed by atoms with van der Waals surface area (Å²) in [5.41, 5.74) is 0. The number of nitrogens with zero attached hydrogens (tertiary/aromatic N) is 2. The molecule has 0 aromatic carbocycles. The van der Waals surface area contributed by atoms with Gasteiger partial charge in [0.15, 0.2) is 0 Å². The molecule has 116 valence electrons. The molecule has 0 spiro atoms. The van der Waals surface area contributed by atoms with Crippen LogP contribution in [0.1, 0.15) is 23.6 Å². The van der Waals surface area contributed by atoms with Gasteiger partial charge in [-0.15, -0.1) is 11.3 Å². The van der Waals surface area contributed by atoms with Crippen molar-refractivity contribution >= 4 is 21.4 Å². The Balaban J connectivity index is 1.93. The molecule has 0 fully saturated rings. The summed E-state index contributed by atoms with van der Waals surface area (Å²) in [6.45, 7) is 0.428. The third-order valence-corrected chi connectivity index (χ3v) is 5.65. The van der Waals surface area contributed by atoms with E-state index in [0.717, 1.165) is 0 Å². The van der Waals surface area contributed by atoms with Crippen LogP contribution in [0.3, 0.4) is 0 Å². The van der Waals surface area contributed by atoms with Crippen molar-refractivity contribution in [1.29, 1.82) is 0 Å². The van der Waals surface area contributed by atoms with Gasteiger partial charge < -0.3 is 5.11 Å². The van der Waals surface area contributed by atoms with Crippen LogP contribution in [0.4, 0.5) is 0 Å². The molecule has 0 bridgehead atoms. The maximum atomic E-state index is 12.1. The van der Waals surface area contributed by atoms with E-state index < -0.39 is 10.0 Å². The highest BCUT2D eigenvalue weighted by molar-refractivity contribution is 7.89. The van der Waals surface area contributed by atoms with Crippen LogP contribution >= 0.6 is 11.3 Å². The number of thiophene rings is 1. The van der Waals surface area contributed by atoms with E-state index in [1.807, 2.05) is 17.5 Å². The van der Waals surface area contributed by atoms with Crippen LogP contribution in [0, 0.1) is 0 Å². The summed E-state index contributed by atoms with van der Waals surface area (Å²) < 4.78 is 28.2. The molecule has 0 aliphatic carbocycles. The molecule has 8 heteroatoms. The van der Waals surface area contributed by atoms with Crippen molar-refractivity contribution in [2.45, 2.75) is 23.7 Å². The van der Waals surface area contributed by atoms with Crippen LogP contribution in [0.15, 0.2) is 34.8 Å². The first kappa shape index (κ1) is 16.2. The number of aliphatic hydroxyl groups excluding tert-OH is 1. The van der Waals surface area contributed by atoms with Crippen molar-refractivity contribution in [3.8, 4) is 0 Å². The van der Waals surface area contributed by atoms with Crippen LogP contribution in [0.5, 0.6) is 0 Å². The zero-order valence-corrected chi connectivity index (χ0v) is 13.4. The minimum absolute atomic E-state index is 0.0952. The molecule has 0 unspecified atom stereocenters. The lowest BCUT2D eigenvalue weighted by molar-refractivity contribution is 0.273. The van der Waals surface area contributed by atoms with Gasteiger partial charge in [-0.25, -0.2) is 13.1 Å². The first-order chi connectivity index (χ1) is 10.0. The van der Waals surface area contributed by atoms with E-state index in [-0.39, 0.29) is 17.4 Å². The molecule has 21 heavy (non-hydrogen) atoms. The quantitative estimate of drug-likeness (QED) is 0.765. The topological polar surface area (TPSA) is 84.2 Å². The fourth-order valence-corrected chi connectivity index (χ4v) is 4.03. The van der Waals surface area contributed by atoms with Gasteiger partial charge >= 0.3 is 0 Å². The summed E-state index contributed by atoms with van der Waals surface area (Å²) in [6.07, 6.45) is 4.08. The van der Waals surface area contributed by atoms with E-state index in [1.165, 1.54) is 22.0 Å². The largest absolute Gasteiger partial charge is 0.396 e. The van der Waals surface area contributed by atoms with Crippen LogP contribution < -0.4 is 4.72 Å². The number of aromatic nitrogens is 2. The zero-order valence-electron chi connectivity index (χ0n) is 11.8. The van der Waals surface area contributed by atoms with Crippen molar-refractivity contribution in [3.05, 3.63) is 34.8 Å². The number of aliphatic hydroxyl groups is 1. The van der Waals surface area contributed by atoms with Gasteiger partial charge in [-0.3, -0.25) is 4.68 Å². The molecule has 2 aromatic heterocycles. The number of hydrogen-bond donors (Lipinski definition) is 2. The summed E-state index contributed by atoms with van der Waals surface area (Å²) in [7, 11) is -1.84. The number of nitrogens with one attached hydrogen (secondary N) is 1. The molecule has 2 N–H and O–H groups in total. The molecule has 2 rings (SSSR count). The van der Waals surface area contributed by atoms with E-state index in [0.29, 0.717) is 19.4 Å². The summed E-state index contributed by atoms with van der Waals surface area (Å²) in [5, 5.41) is 15.0. The average molecular weight is 329 g/mol. The lowest BCUT2D eigenvalue weighted by atomic mass is 10.0. The first-order valence-electron chi connectivity index (χ1n) is 6.65. The van der Waals surface area contributed by atoms with Gasteiger partial charge in [0.1, 0.15) is 4.90 Å². The zero-order chi connectivity index (χ0) is 15.3. The van der Waals surface area contributed by atoms with Crippen molar-refractivity contribution in [1.82, 2.24) is 14.5 Å². The van der Waals surface area contributed by atoms with Gasteiger partial charge in [0.2, 0.25) is 10.0 Å². The van der Waals surface area contributed by atoms with E-state index in [2.05, 4.69) is 9.82 Å². The summed E-state index contributed by atoms with van der Waals surface area (Å²) >= 11 is 1.63. The Morgan fingerprint density at radius 1 is 1.48 bits per heavy atom. The minimum atomic E-state index is -3.51. The maximum absolute atomic E-state index is 12.1. The third-order valence-electron chi connectivity index (χ3n) is 3.20. The molecular formula is C13H19N3O3S2. The molecule has 0 saturated heterocycles. The van der Waals surface area contributed by atoms with Crippen molar-refractivity contribution in [2.24, 2.45) is 7.05 Å². The van der Waals surface area contributed by atoms with Crippen LogP contribution in [-0.4, -0.2) is 36.5 Å². The molecular weight excluding hydrogens is 310 g/mol. The van der Waals surface area contributed by atoms with E-state index in [9.17, 15) is 8.42 Å². The van der Waals surface area contributed by atoms with Gasteiger partial charge in [0.25, 0.3) is 0 Å². The smallest absolute Gasteiger partial charge is 0.243 e. The fourth-order valence-electron chi connectivity index (χ4n) is 2.10. The molecule has 1 atom stereocenters. The molecule has 6 nitrogen and oxygen atoms in total. The van der Waals surface area contributed by atoms with Crippen molar-refractivity contribution in [3.63, 3.8) is 0 Å². The Kier molecular flexibility index (Phi) is 5.51. The normalized spacial score (nSPS) is 13.4. The maximum Gasteiger partial charge on any atom is 0.243 e. The Morgan fingerprint density at radius 3 is 2.86 bits per heavy atom. The monoisotopic (exact) mass is 329 g/mol.